The van der Waals surface area contributed by atoms with Gasteiger partial charge in [0.2, 0.25) is 0 Å². The van der Waals surface area contributed by atoms with Crippen LogP contribution in [-0.4, -0.2) is 6.61 Å². The number of benzene rings is 1. The smallest absolute Gasteiger partial charge is 0.119 e. The highest BCUT2D eigenvalue weighted by atomic mass is 16.5. The number of hydrogen-bond acceptors (Lipinski definition) is 1. The maximum atomic E-state index is 5.40. The predicted molar refractivity (Wildman–Crippen MR) is 51.0 cm³/mol. The first-order valence-corrected chi connectivity index (χ1v) is 4.14. The van der Waals surface area contributed by atoms with E-state index in [1.54, 1.807) is 6.08 Å². The van der Waals surface area contributed by atoms with Crippen molar-refractivity contribution in [1.29, 1.82) is 0 Å². The van der Waals surface area contributed by atoms with Gasteiger partial charge in [-0.1, -0.05) is 31.7 Å². The van der Waals surface area contributed by atoms with Crippen LogP contribution in [0.15, 0.2) is 24.3 Å². The van der Waals surface area contributed by atoms with E-state index < -0.39 is 0 Å². The van der Waals surface area contributed by atoms with Crippen LogP contribution in [0.3, 0.4) is 0 Å². The lowest BCUT2D eigenvalue weighted by Crippen LogP contribution is -1.94. The van der Waals surface area contributed by atoms with Crippen LogP contribution in [0.2, 0.25) is 0 Å². The highest BCUT2D eigenvalue weighted by Gasteiger charge is 1.90. The molecule has 0 aliphatic rings. The molecule has 0 N–H and O–H groups in total. The second-order valence-corrected chi connectivity index (χ2v) is 2.58. The molecule has 0 spiro atoms. The molecule has 0 fully saturated rings. The zero-order valence-electron chi connectivity index (χ0n) is 7.29. The summed E-state index contributed by atoms with van der Waals surface area (Å²) in [6, 6.07) is 7.72. The lowest BCUT2D eigenvalue weighted by atomic mass is 10.2. The summed E-state index contributed by atoms with van der Waals surface area (Å²) in [5.41, 5.74) is 1.01. The Morgan fingerprint density at radius 1 is 1.33 bits per heavy atom. The summed E-state index contributed by atoms with van der Waals surface area (Å²) in [6.07, 6.45) is 2.61. The Bertz CT molecular complexity index is 236. The quantitative estimate of drug-likeness (QED) is 0.659. The molecule has 63 valence electrons. The van der Waals surface area contributed by atoms with E-state index in [1.165, 1.54) is 0 Å². The molecule has 0 aliphatic carbocycles. The van der Waals surface area contributed by atoms with E-state index in [2.05, 4.69) is 6.92 Å². The van der Waals surface area contributed by atoms with Crippen LogP contribution in [0.1, 0.15) is 18.9 Å². The third-order valence-corrected chi connectivity index (χ3v) is 1.55. The zero-order chi connectivity index (χ0) is 8.81. The second kappa shape index (κ2) is 4.60. The summed E-state index contributed by atoms with van der Waals surface area (Å²) in [7, 11) is 0. The summed E-state index contributed by atoms with van der Waals surface area (Å²) >= 11 is 0. The molecule has 1 nitrogen and oxygen atoms in total. The molecule has 12 heavy (non-hydrogen) atoms. The topological polar surface area (TPSA) is 9.23 Å². The molecule has 1 aromatic rings. The Kier molecular flexibility index (Phi) is 3.39. The third kappa shape index (κ3) is 2.42. The Morgan fingerprint density at radius 3 is 2.50 bits per heavy atom. The van der Waals surface area contributed by atoms with Gasteiger partial charge >= 0.3 is 0 Å². The van der Waals surface area contributed by atoms with Crippen LogP contribution < -0.4 is 4.74 Å². The van der Waals surface area contributed by atoms with Crippen molar-refractivity contribution in [3.63, 3.8) is 0 Å². The summed E-state index contributed by atoms with van der Waals surface area (Å²) in [5.74, 6) is 0.905. The van der Waals surface area contributed by atoms with Crippen LogP contribution >= 0.6 is 0 Å². The van der Waals surface area contributed by atoms with Crippen molar-refractivity contribution in [3.05, 3.63) is 36.4 Å². The van der Waals surface area contributed by atoms with Gasteiger partial charge in [0, 0.05) is 0 Å². The summed E-state index contributed by atoms with van der Waals surface area (Å²) in [4.78, 5) is 0. The molecule has 0 aromatic heterocycles. The minimum absolute atomic E-state index is 0.770. The molecule has 0 saturated heterocycles. The van der Waals surface area contributed by atoms with Crippen LogP contribution in [-0.2, 0) is 0 Å². The summed E-state index contributed by atoms with van der Waals surface area (Å²) < 4.78 is 5.40. The summed E-state index contributed by atoms with van der Waals surface area (Å²) in [5, 5.41) is 0. The molecule has 0 unspecified atom stereocenters. The molecule has 0 amide bonds. The van der Waals surface area contributed by atoms with E-state index in [9.17, 15) is 0 Å². The molecule has 0 saturated carbocycles. The van der Waals surface area contributed by atoms with Gasteiger partial charge in [0.25, 0.3) is 0 Å². The van der Waals surface area contributed by atoms with Crippen molar-refractivity contribution in [3.8, 4) is 5.75 Å². The van der Waals surface area contributed by atoms with Gasteiger partial charge in [0.15, 0.2) is 0 Å². The highest BCUT2D eigenvalue weighted by Crippen LogP contribution is 2.12. The van der Waals surface area contributed by atoms with E-state index >= 15 is 0 Å². The molecule has 1 aromatic carbocycles. The fourth-order valence-electron chi connectivity index (χ4n) is 0.895. The monoisotopic (exact) mass is 161 g/mol. The van der Waals surface area contributed by atoms with Crippen molar-refractivity contribution in [2.45, 2.75) is 13.3 Å². The molecule has 1 rings (SSSR count). The Hall–Kier alpha value is -1.24. The van der Waals surface area contributed by atoms with Gasteiger partial charge < -0.3 is 4.74 Å². The molecule has 1 heteroatoms. The molecule has 0 aliphatic heterocycles. The van der Waals surface area contributed by atoms with E-state index in [-0.39, 0.29) is 0 Å². The zero-order valence-corrected chi connectivity index (χ0v) is 7.29. The fourth-order valence-corrected chi connectivity index (χ4v) is 0.895. The van der Waals surface area contributed by atoms with E-state index in [1.807, 2.05) is 24.3 Å². The summed E-state index contributed by atoms with van der Waals surface area (Å²) in [6.45, 7) is 8.19. The maximum Gasteiger partial charge on any atom is 0.119 e. The maximum absolute atomic E-state index is 5.40. The van der Waals surface area contributed by atoms with Gasteiger partial charge in [-0.2, -0.15) is 0 Å². The average molecular weight is 161 g/mol. The minimum Gasteiger partial charge on any atom is -0.494 e. The number of ether oxygens (including phenoxy) is 1. The van der Waals surface area contributed by atoms with E-state index in [0.717, 1.165) is 24.3 Å². The highest BCUT2D eigenvalue weighted by molar-refractivity contribution is 5.47. The van der Waals surface area contributed by atoms with Crippen LogP contribution in [0.25, 0.3) is 6.08 Å². The second-order valence-electron chi connectivity index (χ2n) is 2.58. The largest absolute Gasteiger partial charge is 0.494 e. The van der Waals surface area contributed by atoms with E-state index in [4.69, 9.17) is 11.3 Å². The van der Waals surface area contributed by atoms with Crippen LogP contribution in [0.5, 0.6) is 5.75 Å². The molecular formula is C11H13O. The standard InChI is InChI=1S/C11H13O/c1-3-9-12-11-7-5-10(4-2)6-8-11/h2,4-8H,3,9H2,1H3. The van der Waals surface area contributed by atoms with Gasteiger partial charge in [-0.05, 0) is 24.1 Å². The molecule has 0 heterocycles. The fraction of sp³-hybridized carbons (Fsp3) is 0.273. The number of rotatable bonds is 4. The molecule has 0 atom stereocenters. The van der Waals surface area contributed by atoms with Crippen LogP contribution in [0, 0.1) is 6.58 Å². The average Bonchev–Trinajstić information content (AvgIpc) is 2.15. The minimum atomic E-state index is 0.770. The molecular weight excluding hydrogens is 148 g/mol. The SMILES string of the molecule is [CH]=Cc1ccc(OCCC)cc1. The van der Waals surface area contributed by atoms with Crippen LogP contribution in [0.4, 0.5) is 0 Å². The normalized spacial score (nSPS) is 9.42. The first kappa shape index (κ1) is 8.85. The molecule has 0 bridgehead atoms. The van der Waals surface area contributed by atoms with Gasteiger partial charge in [0.1, 0.15) is 5.75 Å². The van der Waals surface area contributed by atoms with Crippen molar-refractivity contribution in [2.75, 3.05) is 6.61 Å². The first-order valence-electron chi connectivity index (χ1n) is 4.14. The van der Waals surface area contributed by atoms with Gasteiger partial charge in [-0.25, -0.2) is 0 Å². The lowest BCUT2D eigenvalue weighted by molar-refractivity contribution is 0.317. The third-order valence-electron chi connectivity index (χ3n) is 1.55. The van der Waals surface area contributed by atoms with Gasteiger partial charge in [0.05, 0.1) is 6.61 Å². The van der Waals surface area contributed by atoms with Crippen molar-refractivity contribution >= 4 is 6.08 Å². The van der Waals surface area contributed by atoms with Crippen molar-refractivity contribution < 1.29 is 4.74 Å². The van der Waals surface area contributed by atoms with Crippen molar-refractivity contribution in [2.24, 2.45) is 0 Å². The Labute approximate surface area is 73.7 Å². The Morgan fingerprint density at radius 2 is 2.00 bits per heavy atom. The first-order chi connectivity index (χ1) is 5.86. The van der Waals surface area contributed by atoms with Gasteiger partial charge in [-0.15, -0.1) is 0 Å². The number of hydrogen-bond donors (Lipinski definition) is 0. The lowest BCUT2D eigenvalue weighted by Gasteiger charge is -2.03. The molecule has 1 radical (unpaired) electrons. The predicted octanol–water partition coefficient (Wildman–Crippen LogP) is 2.92. The Balaban J connectivity index is 2.58. The van der Waals surface area contributed by atoms with E-state index in [0.29, 0.717) is 0 Å². The van der Waals surface area contributed by atoms with Gasteiger partial charge in [-0.3, -0.25) is 0 Å². The van der Waals surface area contributed by atoms with Crippen molar-refractivity contribution in [1.82, 2.24) is 0 Å².